The van der Waals surface area contributed by atoms with Crippen molar-refractivity contribution in [2.45, 2.75) is 25.3 Å². The molecule has 2 heterocycles. The first-order chi connectivity index (χ1) is 9.63. The van der Waals surface area contributed by atoms with Crippen molar-refractivity contribution in [1.82, 2.24) is 10.5 Å². The molecule has 1 saturated carbocycles. The van der Waals surface area contributed by atoms with Crippen LogP contribution in [0.25, 0.3) is 0 Å². The summed E-state index contributed by atoms with van der Waals surface area (Å²) >= 11 is 1.14. The molecule has 2 N–H and O–H groups in total. The summed E-state index contributed by atoms with van der Waals surface area (Å²) in [6, 6.07) is 4.88. The van der Waals surface area contributed by atoms with Gasteiger partial charge in [-0.05, 0) is 25.0 Å². The number of thiophene rings is 1. The minimum atomic E-state index is -0.960. The van der Waals surface area contributed by atoms with Crippen molar-refractivity contribution >= 4 is 23.2 Å². The number of carboxylic acid groups (broad SMARTS) is 1. The number of amides is 1. The Morgan fingerprint density at radius 3 is 2.90 bits per heavy atom. The molecule has 0 aromatic carbocycles. The molecule has 0 spiro atoms. The second-order valence-corrected chi connectivity index (χ2v) is 5.81. The van der Waals surface area contributed by atoms with Crippen molar-refractivity contribution in [3.8, 4) is 0 Å². The average molecular weight is 292 g/mol. The van der Waals surface area contributed by atoms with Gasteiger partial charge in [0.1, 0.15) is 10.6 Å². The molecule has 6 nitrogen and oxygen atoms in total. The molecule has 7 heteroatoms. The zero-order valence-corrected chi connectivity index (χ0v) is 11.3. The highest BCUT2D eigenvalue weighted by atomic mass is 32.1. The van der Waals surface area contributed by atoms with Crippen LogP contribution in [0.3, 0.4) is 0 Å². The van der Waals surface area contributed by atoms with Crippen molar-refractivity contribution in [3.63, 3.8) is 0 Å². The number of carbonyl (C=O) groups excluding carboxylic acids is 1. The van der Waals surface area contributed by atoms with Gasteiger partial charge in [0.2, 0.25) is 0 Å². The number of carbonyl (C=O) groups is 2. The maximum absolute atomic E-state index is 11.9. The fourth-order valence-electron chi connectivity index (χ4n) is 1.80. The van der Waals surface area contributed by atoms with E-state index in [1.165, 1.54) is 6.07 Å². The summed E-state index contributed by atoms with van der Waals surface area (Å²) in [4.78, 5) is 23.7. The standard InChI is InChI=1S/C13H12N2O4S/c16-12(9-5-10(19-15-9)7-1-2-7)14-6-8-3-4-11(20-8)13(17)18/h3-5,7H,1-2,6H2,(H,14,16)(H,17,18). The Hall–Kier alpha value is -2.15. The van der Waals surface area contributed by atoms with Crippen LogP contribution in [0, 0.1) is 0 Å². The minimum Gasteiger partial charge on any atom is -0.477 e. The van der Waals surface area contributed by atoms with Crippen LogP contribution >= 0.6 is 11.3 Å². The highest BCUT2D eigenvalue weighted by Gasteiger charge is 2.28. The van der Waals surface area contributed by atoms with Gasteiger partial charge < -0.3 is 14.9 Å². The fourth-order valence-corrected chi connectivity index (χ4v) is 2.59. The van der Waals surface area contributed by atoms with Gasteiger partial charge in [0.25, 0.3) is 5.91 Å². The summed E-state index contributed by atoms with van der Waals surface area (Å²) in [6.07, 6.45) is 2.17. The van der Waals surface area contributed by atoms with Crippen LogP contribution in [-0.4, -0.2) is 22.1 Å². The Morgan fingerprint density at radius 2 is 2.25 bits per heavy atom. The van der Waals surface area contributed by atoms with Crippen molar-refractivity contribution in [2.24, 2.45) is 0 Å². The SMILES string of the molecule is O=C(NCc1ccc(C(=O)O)s1)c1cc(C2CC2)on1. The zero-order chi connectivity index (χ0) is 14.1. The molecule has 1 aliphatic carbocycles. The Bertz CT molecular complexity index is 657. The van der Waals surface area contributed by atoms with Gasteiger partial charge in [0, 0.05) is 16.9 Å². The summed E-state index contributed by atoms with van der Waals surface area (Å²) in [6.45, 7) is 0.280. The summed E-state index contributed by atoms with van der Waals surface area (Å²) in [5.74, 6) is -0.0945. The molecule has 1 amide bonds. The average Bonchev–Trinajstić information content (AvgIpc) is 2.98. The number of carboxylic acids is 1. The molecule has 104 valence electrons. The van der Waals surface area contributed by atoms with Crippen LogP contribution in [0.15, 0.2) is 22.7 Å². The first kappa shape index (κ1) is 12.9. The third kappa shape index (κ3) is 2.72. The highest BCUT2D eigenvalue weighted by Crippen LogP contribution is 2.40. The van der Waals surface area contributed by atoms with Crippen LogP contribution in [0.5, 0.6) is 0 Å². The van der Waals surface area contributed by atoms with E-state index >= 15 is 0 Å². The van der Waals surface area contributed by atoms with E-state index in [2.05, 4.69) is 10.5 Å². The lowest BCUT2D eigenvalue weighted by atomic mass is 10.3. The maximum Gasteiger partial charge on any atom is 0.345 e. The van der Waals surface area contributed by atoms with E-state index in [-0.39, 0.29) is 23.0 Å². The van der Waals surface area contributed by atoms with E-state index in [4.69, 9.17) is 9.63 Å². The monoisotopic (exact) mass is 292 g/mol. The number of nitrogens with one attached hydrogen (secondary N) is 1. The van der Waals surface area contributed by atoms with Crippen molar-refractivity contribution in [1.29, 1.82) is 0 Å². The summed E-state index contributed by atoms with van der Waals surface area (Å²) in [7, 11) is 0. The molecule has 2 aromatic heterocycles. The van der Waals surface area contributed by atoms with Crippen LogP contribution in [0.2, 0.25) is 0 Å². The minimum absolute atomic E-state index is 0.256. The number of hydrogen-bond acceptors (Lipinski definition) is 5. The van der Waals surface area contributed by atoms with E-state index < -0.39 is 5.97 Å². The number of aromatic nitrogens is 1. The fraction of sp³-hybridized carbons (Fsp3) is 0.308. The number of nitrogens with zero attached hydrogens (tertiary/aromatic N) is 1. The Balaban J connectivity index is 1.58. The smallest absolute Gasteiger partial charge is 0.345 e. The molecule has 3 rings (SSSR count). The van der Waals surface area contributed by atoms with Crippen molar-refractivity contribution < 1.29 is 19.2 Å². The predicted octanol–water partition coefficient (Wildman–Crippen LogP) is 2.24. The van der Waals surface area contributed by atoms with E-state index in [1.807, 2.05) is 0 Å². The van der Waals surface area contributed by atoms with Gasteiger partial charge >= 0.3 is 5.97 Å². The van der Waals surface area contributed by atoms with Crippen LogP contribution in [0.1, 0.15) is 49.6 Å². The molecule has 20 heavy (non-hydrogen) atoms. The van der Waals surface area contributed by atoms with Crippen molar-refractivity contribution in [2.75, 3.05) is 0 Å². The molecule has 2 aromatic rings. The zero-order valence-electron chi connectivity index (χ0n) is 10.5. The molecule has 0 aliphatic heterocycles. The topological polar surface area (TPSA) is 92.4 Å². The third-order valence-electron chi connectivity index (χ3n) is 3.04. The van der Waals surface area contributed by atoms with Gasteiger partial charge in [0.15, 0.2) is 5.69 Å². The first-order valence-electron chi connectivity index (χ1n) is 6.20. The molecule has 1 fully saturated rings. The number of rotatable bonds is 5. The van der Waals surface area contributed by atoms with Gasteiger partial charge in [0.05, 0.1) is 6.54 Å². The summed E-state index contributed by atoms with van der Waals surface area (Å²) in [5, 5.41) is 15.3. The quantitative estimate of drug-likeness (QED) is 0.881. The first-order valence-corrected chi connectivity index (χ1v) is 7.02. The molecule has 1 aliphatic rings. The van der Waals surface area contributed by atoms with E-state index in [0.717, 1.165) is 34.8 Å². The van der Waals surface area contributed by atoms with Crippen LogP contribution in [-0.2, 0) is 6.54 Å². The summed E-state index contributed by atoms with van der Waals surface area (Å²) < 4.78 is 5.11. The van der Waals surface area contributed by atoms with Crippen LogP contribution in [0.4, 0.5) is 0 Å². The van der Waals surface area contributed by atoms with Gasteiger partial charge in [-0.15, -0.1) is 11.3 Å². The lowest BCUT2D eigenvalue weighted by Gasteiger charge is -1.99. The molecular weight excluding hydrogens is 280 g/mol. The second-order valence-electron chi connectivity index (χ2n) is 4.64. The van der Waals surface area contributed by atoms with Crippen LogP contribution < -0.4 is 5.32 Å². The lowest BCUT2D eigenvalue weighted by Crippen LogP contribution is -2.22. The number of hydrogen-bond donors (Lipinski definition) is 2. The maximum atomic E-state index is 11.9. The van der Waals surface area contributed by atoms with Crippen molar-refractivity contribution in [3.05, 3.63) is 39.4 Å². The van der Waals surface area contributed by atoms with Gasteiger partial charge in [-0.1, -0.05) is 5.16 Å². The second kappa shape index (κ2) is 5.09. The molecule has 0 unspecified atom stereocenters. The molecular formula is C13H12N2O4S. The van der Waals surface area contributed by atoms with Gasteiger partial charge in [-0.3, -0.25) is 4.79 Å². The predicted molar refractivity (Wildman–Crippen MR) is 70.9 cm³/mol. The van der Waals surface area contributed by atoms with E-state index in [0.29, 0.717) is 5.92 Å². The van der Waals surface area contributed by atoms with Gasteiger partial charge in [-0.25, -0.2) is 4.79 Å². The van der Waals surface area contributed by atoms with E-state index in [1.54, 1.807) is 12.1 Å². The third-order valence-corrected chi connectivity index (χ3v) is 4.11. The summed E-state index contributed by atoms with van der Waals surface area (Å²) in [5.41, 5.74) is 0.266. The van der Waals surface area contributed by atoms with E-state index in [9.17, 15) is 9.59 Å². The molecule has 0 bridgehead atoms. The Labute approximate surface area is 118 Å². The highest BCUT2D eigenvalue weighted by molar-refractivity contribution is 7.13. The molecule has 0 atom stereocenters. The largest absolute Gasteiger partial charge is 0.477 e. The lowest BCUT2D eigenvalue weighted by molar-refractivity contribution is 0.0702. The normalized spacial score (nSPS) is 14.2. The molecule has 0 saturated heterocycles. The molecule has 0 radical (unpaired) electrons. The number of aromatic carboxylic acids is 1. The Kier molecular flexibility index (Phi) is 3.27. The Morgan fingerprint density at radius 1 is 1.45 bits per heavy atom. The van der Waals surface area contributed by atoms with Gasteiger partial charge in [-0.2, -0.15) is 0 Å².